The fourth-order valence-corrected chi connectivity index (χ4v) is 0.689. The van der Waals surface area contributed by atoms with Gasteiger partial charge in [-0.1, -0.05) is 6.92 Å². The third kappa shape index (κ3) is 2.29. The molecule has 0 atom stereocenters. The van der Waals surface area contributed by atoms with Gasteiger partial charge in [0.05, 0.1) is 0 Å². The van der Waals surface area contributed by atoms with Crippen molar-refractivity contribution in [2.24, 2.45) is 0 Å². The molecule has 1 aliphatic heterocycles. The van der Waals surface area contributed by atoms with Crippen LogP contribution >= 0.6 is 0 Å². The Kier molecular flexibility index (Phi) is 3.74. The van der Waals surface area contributed by atoms with Crippen molar-refractivity contribution >= 4 is 0 Å². The van der Waals surface area contributed by atoms with E-state index in [0.29, 0.717) is 0 Å². The van der Waals surface area contributed by atoms with Crippen molar-refractivity contribution in [2.75, 3.05) is 13.6 Å². The van der Waals surface area contributed by atoms with Gasteiger partial charge in [0.2, 0.25) is 0 Å². The third-order valence-electron chi connectivity index (χ3n) is 1.19. The summed E-state index contributed by atoms with van der Waals surface area (Å²) in [7, 11) is 2.02. The quantitative estimate of drug-likeness (QED) is 0.420. The summed E-state index contributed by atoms with van der Waals surface area (Å²) in [5.74, 6) is 0. The van der Waals surface area contributed by atoms with Crippen molar-refractivity contribution in [3.8, 4) is 0 Å². The zero-order valence-electron chi connectivity index (χ0n) is 5.71. The van der Waals surface area contributed by atoms with Gasteiger partial charge >= 0.3 is 0 Å². The van der Waals surface area contributed by atoms with Crippen LogP contribution in [0, 0.1) is 6.67 Å². The van der Waals surface area contributed by atoms with Crippen LogP contribution in [0.15, 0.2) is 12.4 Å². The van der Waals surface area contributed by atoms with Gasteiger partial charge in [0.25, 0.3) is 0 Å². The summed E-state index contributed by atoms with van der Waals surface area (Å²) >= 11 is 0. The van der Waals surface area contributed by atoms with E-state index in [1.54, 1.807) is 0 Å². The van der Waals surface area contributed by atoms with E-state index >= 15 is 0 Å². The molecular formula is C6H11MnN2-. The van der Waals surface area contributed by atoms with Crippen LogP contribution in [0.4, 0.5) is 0 Å². The first-order chi connectivity index (χ1) is 3.83. The molecule has 0 aromatic rings. The minimum Gasteiger partial charge on any atom is -0.511 e. The molecule has 0 saturated heterocycles. The minimum absolute atomic E-state index is 0. The molecule has 3 heteroatoms. The molecule has 0 aromatic heterocycles. The zero-order chi connectivity index (χ0) is 5.98. The fraction of sp³-hybridized carbons (Fsp3) is 0.500. The van der Waals surface area contributed by atoms with E-state index in [4.69, 9.17) is 0 Å². The normalized spacial score (nSPS) is 16.2. The first kappa shape index (κ1) is 8.86. The molecule has 0 aliphatic carbocycles. The molecule has 0 amide bonds. The molecule has 0 saturated carbocycles. The van der Waals surface area contributed by atoms with Crippen LogP contribution in [0.2, 0.25) is 0 Å². The average Bonchev–Trinajstić information content (AvgIpc) is 2.14. The van der Waals surface area contributed by atoms with Crippen molar-refractivity contribution in [2.45, 2.75) is 6.92 Å². The minimum atomic E-state index is 0. The molecule has 1 aliphatic rings. The zero-order valence-corrected chi connectivity index (χ0v) is 6.89. The largest absolute Gasteiger partial charge is 0.511 e. The average molecular weight is 166 g/mol. The molecule has 0 spiro atoms. The summed E-state index contributed by atoms with van der Waals surface area (Å²) in [6, 6.07) is 0. The Morgan fingerprint density at radius 1 is 1.44 bits per heavy atom. The van der Waals surface area contributed by atoms with Crippen LogP contribution < -0.4 is 0 Å². The van der Waals surface area contributed by atoms with E-state index in [2.05, 4.69) is 24.7 Å². The van der Waals surface area contributed by atoms with Gasteiger partial charge in [-0.05, 0) is 26.0 Å². The summed E-state index contributed by atoms with van der Waals surface area (Å²) in [6.45, 7) is 5.24. The van der Waals surface area contributed by atoms with Crippen molar-refractivity contribution in [1.29, 1.82) is 0 Å². The summed E-state index contributed by atoms with van der Waals surface area (Å²) in [5.41, 5.74) is 0. The summed E-state index contributed by atoms with van der Waals surface area (Å²) < 4.78 is 0. The smallest absolute Gasteiger partial charge is 0 e. The van der Waals surface area contributed by atoms with Gasteiger partial charge in [0.15, 0.2) is 0 Å². The summed E-state index contributed by atoms with van der Waals surface area (Å²) in [4.78, 5) is 4.16. The van der Waals surface area contributed by atoms with Crippen LogP contribution in [0.1, 0.15) is 6.92 Å². The maximum Gasteiger partial charge on any atom is 0 e. The predicted octanol–water partition coefficient (Wildman–Crippen LogP) is 0.842. The Morgan fingerprint density at radius 3 is 2.33 bits per heavy atom. The van der Waals surface area contributed by atoms with Gasteiger partial charge in [-0.3, -0.25) is 0 Å². The monoisotopic (exact) mass is 166 g/mol. The summed E-state index contributed by atoms with van der Waals surface area (Å²) in [5, 5.41) is 0. The van der Waals surface area contributed by atoms with Crippen molar-refractivity contribution in [3.63, 3.8) is 0 Å². The molecule has 0 N–H and O–H groups in total. The van der Waals surface area contributed by atoms with Gasteiger partial charge in [-0.2, -0.15) is 6.67 Å². The topological polar surface area (TPSA) is 6.48 Å². The van der Waals surface area contributed by atoms with E-state index in [1.165, 1.54) is 0 Å². The van der Waals surface area contributed by atoms with Gasteiger partial charge in [-0.25, -0.2) is 0 Å². The second-order valence-electron chi connectivity index (χ2n) is 1.91. The van der Waals surface area contributed by atoms with E-state index in [9.17, 15) is 0 Å². The molecule has 0 unspecified atom stereocenters. The molecule has 1 radical (unpaired) electrons. The Hall–Kier alpha value is -0.141. The first-order valence-corrected chi connectivity index (χ1v) is 2.84. The van der Waals surface area contributed by atoms with E-state index < -0.39 is 0 Å². The van der Waals surface area contributed by atoms with E-state index in [-0.39, 0.29) is 17.1 Å². The van der Waals surface area contributed by atoms with Crippen LogP contribution in [-0.4, -0.2) is 23.4 Å². The van der Waals surface area contributed by atoms with Crippen molar-refractivity contribution in [1.82, 2.24) is 9.80 Å². The fourth-order valence-electron chi connectivity index (χ4n) is 0.689. The Morgan fingerprint density at radius 2 is 2.11 bits per heavy atom. The Bertz CT molecular complexity index is 103. The molecule has 1 heterocycles. The van der Waals surface area contributed by atoms with E-state index in [1.807, 2.05) is 18.1 Å². The molecule has 9 heavy (non-hydrogen) atoms. The molecule has 0 aromatic carbocycles. The van der Waals surface area contributed by atoms with Gasteiger partial charge in [-0.15, -0.1) is 0 Å². The second-order valence-corrected chi connectivity index (χ2v) is 1.91. The maximum absolute atomic E-state index is 2.12. The van der Waals surface area contributed by atoms with Gasteiger partial charge in [0, 0.05) is 17.1 Å². The second kappa shape index (κ2) is 3.80. The SMILES string of the molecule is CCN1C=CN(C)[CH-]1.[Mn]. The number of nitrogens with zero attached hydrogens (tertiary/aromatic N) is 2. The molecule has 0 bridgehead atoms. The molecule has 2 nitrogen and oxygen atoms in total. The predicted molar refractivity (Wildman–Crippen MR) is 33.6 cm³/mol. The van der Waals surface area contributed by atoms with Crippen molar-refractivity contribution in [3.05, 3.63) is 19.1 Å². The van der Waals surface area contributed by atoms with Crippen LogP contribution in [0.25, 0.3) is 0 Å². The number of hydrogen-bond donors (Lipinski definition) is 0. The van der Waals surface area contributed by atoms with Gasteiger partial charge in [0.1, 0.15) is 0 Å². The maximum atomic E-state index is 2.12. The standard InChI is InChI=1S/C6H11N2.Mn/c1-3-8-5-4-7(2)6-8;/h4-6H,3H2,1-2H3;/q-1;. The summed E-state index contributed by atoms with van der Waals surface area (Å²) in [6.07, 6.45) is 4.09. The number of hydrogen-bond acceptors (Lipinski definition) is 2. The molecule has 53 valence electrons. The Balaban J connectivity index is 0.000000640. The van der Waals surface area contributed by atoms with Crippen molar-refractivity contribution < 1.29 is 17.1 Å². The van der Waals surface area contributed by atoms with Crippen LogP contribution in [0.3, 0.4) is 0 Å². The molecular weight excluding hydrogens is 155 g/mol. The molecule has 0 fully saturated rings. The van der Waals surface area contributed by atoms with E-state index in [0.717, 1.165) is 6.54 Å². The Labute approximate surface area is 67.0 Å². The number of rotatable bonds is 1. The van der Waals surface area contributed by atoms with Crippen LogP contribution in [0.5, 0.6) is 0 Å². The first-order valence-electron chi connectivity index (χ1n) is 2.84. The molecule has 1 rings (SSSR count). The van der Waals surface area contributed by atoms with Gasteiger partial charge < -0.3 is 9.80 Å². The van der Waals surface area contributed by atoms with Crippen LogP contribution in [-0.2, 0) is 17.1 Å². The third-order valence-corrected chi connectivity index (χ3v) is 1.19.